The zero-order valence-corrected chi connectivity index (χ0v) is 14.2. The Hall–Kier alpha value is -3.02. The lowest BCUT2D eigenvalue weighted by molar-refractivity contribution is -0.122. The molecule has 0 aromatic heterocycles. The van der Waals surface area contributed by atoms with Crippen LogP contribution in [0.5, 0.6) is 11.5 Å². The van der Waals surface area contributed by atoms with Gasteiger partial charge in [0.15, 0.2) is 12.7 Å². The van der Waals surface area contributed by atoms with Crippen LogP contribution in [0.25, 0.3) is 0 Å². The third-order valence-electron chi connectivity index (χ3n) is 3.87. The topological polar surface area (TPSA) is 76.7 Å². The molecule has 1 unspecified atom stereocenters. The molecule has 1 atom stereocenters. The van der Waals surface area contributed by atoms with E-state index in [1.54, 1.807) is 25.1 Å². The van der Waals surface area contributed by atoms with E-state index in [2.05, 4.69) is 17.6 Å². The highest BCUT2D eigenvalue weighted by molar-refractivity contribution is 5.99. The fraction of sp³-hybridized carbons (Fsp3) is 0.263. The second-order valence-corrected chi connectivity index (χ2v) is 5.80. The number of nitrogens with one attached hydrogen (secondary N) is 2. The first-order valence-electron chi connectivity index (χ1n) is 8.18. The van der Waals surface area contributed by atoms with E-state index in [0.717, 1.165) is 12.0 Å². The van der Waals surface area contributed by atoms with E-state index >= 15 is 0 Å². The zero-order valence-electron chi connectivity index (χ0n) is 14.2. The Morgan fingerprint density at radius 3 is 2.92 bits per heavy atom. The summed E-state index contributed by atoms with van der Waals surface area (Å²) < 4.78 is 11.0. The van der Waals surface area contributed by atoms with Gasteiger partial charge in [-0.15, -0.1) is 0 Å². The lowest BCUT2D eigenvalue weighted by atomic mass is 10.2. The standard InChI is InChI=1S/C19H20N2O4/c1-3-13-5-4-6-15(9-13)24-11-18(22)20-14-7-8-17-16(10-14)21-19(23)12(2)25-17/h4-10,12H,3,11H2,1-2H3,(H,20,22)(H,21,23). The van der Waals surface area contributed by atoms with Crippen molar-refractivity contribution < 1.29 is 19.1 Å². The Balaban J connectivity index is 1.59. The summed E-state index contributed by atoms with van der Waals surface area (Å²) in [5.74, 6) is 0.751. The number of fused-ring (bicyclic) bond motifs is 1. The summed E-state index contributed by atoms with van der Waals surface area (Å²) in [4.78, 5) is 23.7. The van der Waals surface area contributed by atoms with Crippen molar-refractivity contribution >= 4 is 23.2 Å². The number of amides is 2. The molecule has 0 spiro atoms. The van der Waals surface area contributed by atoms with Crippen LogP contribution in [0.1, 0.15) is 19.4 Å². The van der Waals surface area contributed by atoms with Crippen molar-refractivity contribution in [1.29, 1.82) is 0 Å². The molecular formula is C19H20N2O4. The molecule has 2 N–H and O–H groups in total. The molecule has 25 heavy (non-hydrogen) atoms. The molecule has 0 fully saturated rings. The summed E-state index contributed by atoms with van der Waals surface area (Å²) in [5.41, 5.74) is 2.25. The van der Waals surface area contributed by atoms with Gasteiger partial charge in [-0.25, -0.2) is 0 Å². The molecule has 0 saturated heterocycles. The van der Waals surface area contributed by atoms with Crippen LogP contribution in [0.3, 0.4) is 0 Å². The van der Waals surface area contributed by atoms with E-state index < -0.39 is 6.10 Å². The molecule has 6 nitrogen and oxygen atoms in total. The first-order chi connectivity index (χ1) is 12.0. The smallest absolute Gasteiger partial charge is 0.265 e. The highest BCUT2D eigenvalue weighted by Crippen LogP contribution is 2.32. The van der Waals surface area contributed by atoms with Crippen molar-refractivity contribution in [2.24, 2.45) is 0 Å². The molecule has 2 aromatic rings. The van der Waals surface area contributed by atoms with Gasteiger partial charge in [0.05, 0.1) is 5.69 Å². The minimum atomic E-state index is -0.528. The number of benzene rings is 2. The van der Waals surface area contributed by atoms with Crippen LogP contribution >= 0.6 is 0 Å². The molecule has 1 heterocycles. The van der Waals surface area contributed by atoms with Crippen molar-refractivity contribution in [1.82, 2.24) is 0 Å². The molecule has 6 heteroatoms. The van der Waals surface area contributed by atoms with Gasteiger partial charge in [0.1, 0.15) is 11.5 Å². The van der Waals surface area contributed by atoms with E-state index in [4.69, 9.17) is 9.47 Å². The van der Waals surface area contributed by atoms with Crippen molar-refractivity contribution in [3.8, 4) is 11.5 Å². The summed E-state index contributed by atoms with van der Waals surface area (Å²) in [6, 6.07) is 12.7. The monoisotopic (exact) mass is 340 g/mol. The van der Waals surface area contributed by atoms with E-state index in [0.29, 0.717) is 22.9 Å². The number of aryl methyl sites for hydroxylation is 1. The molecule has 0 saturated carbocycles. The van der Waals surface area contributed by atoms with E-state index in [1.807, 2.05) is 24.3 Å². The largest absolute Gasteiger partial charge is 0.484 e. The molecule has 2 amide bonds. The number of rotatable bonds is 5. The van der Waals surface area contributed by atoms with Crippen LogP contribution in [-0.4, -0.2) is 24.5 Å². The van der Waals surface area contributed by atoms with E-state index in [9.17, 15) is 9.59 Å². The number of carbonyl (C=O) groups is 2. The first-order valence-corrected chi connectivity index (χ1v) is 8.18. The van der Waals surface area contributed by atoms with E-state index in [1.165, 1.54) is 0 Å². The molecule has 0 radical (unpaired) electrons. The lowest BCUT2D eigenvalue weighted by Gasteiger charge is -2.23. The summed E-state index contributed by atoms with van der Waals surface area (Å²) >= 11 is 0. The average Bonchev–Trinajstić information content (AvgIpc) is 2.61. The normalized spacial score (nSPS) is 15.6. The van der Waals surface area contributed by atoms with Crippen LogP contribution in [0.15, 0.2) is 42.5 Å². The van der Waals surface area contributed by atoms with Crippen molar-refractivity contribution in [3.05, 3.63) is 48.0 Å². The van der Waals surface area contributed by atoms with E-state index in [-0.39, 0.29) is 18.4 Å². The Bertz CT molecular complexity index is 804. The molecule has 2 aromatic carbocycles. The maximum atomic E-state index is 12.1. The maximum Gasteiger partial charge on any atom is 0.265 e. The summed E-state index contributed by atoms with van der Waals surface area (Å²) in [5, 5.41) is 5.49. The van der Waals surface area contributed by atoms with Crippen LogP contribution in [-0.2, 0) is 16.0 Å². The average molecular weight is 340 g/mol. The van der Waals surface area contributed by atoms with Crippen molar-refractivity contribution in [2.45, 2.75) is 26.4 Å². The second-order valence-electron chi connectivity index (χ2n) is 5.80. The van der Waals surface area contributed by atoms with Crippen molar-refractivity contribution in [2.75, 3.05) is 17.2 Å². The van der Waals surface area contributed by atoms with Gasteiger partial charge >= 0.3 is 0 Å². The van der Waals surface area contributed by atoms with Gasteiger partial charge < -0.3 is 20.1 Å². The quantitative estimate of drug-likeness (QED) is 0.877. The van der Waals surface area contributed by atoms with Crippen LogP contribution in [0, 0.1) is 0 Å². The summed E-state index contributed by atoms with van der Waals surface area (Å²) in [6.45, 7) is 3.65. The molecule has 0 bridgehead atoms. The summed E-state index contributed by atoms with van der Waals surface area (Å²) in [7, 11) is 0. The predicted molar refractivity (Wildman–Crippen MR) is 95.1 cm³/mol. The van der Waals surface area contributed by atoms with Gasteiger partial charge in [-0.1, -0.05) is 19.1 Å². The third kappa shape index (κ3) is 4.09. The molecule has 1 aliphatic heterocycles. The Morgan fingerprint density at radius 1 is 1.28 bits per heavy atom. The molecule has 1 aliphatic rings. The number of anilines is 2. The molecular weight excluding hydrogens is 320 g/mol. The molecule has 130 valence electrons. The number of ether oxygens (including phenoxy) is 2. The number of hydrogen-bond acceptors (Lipinski definition) is 4. The SMILES string of the molecule is CCc1cccc(OCC(=O)Nc2ccc3c(c2)NC(=O)C(C)O3)c1. The summed E-state index contributed by atoms with van der Waals surface area (Å²) in [6.07, 6.45) is 0.380. The van der Waals surface area contributed by atoms with Gasteiger partial charge in [0, 0.05) is 5.69 Å². The zero-order chi connectivity index (χ0) is 17.8. The van der Waals surface area contributed by atoms with Gasteiger partial charge in [-0.3, -0.25) is 9.59 Å². The maximum absolute atomic E-state index is 12.1. The number of carbonyl (C=O) groups excluding carboxylic acids is 2. The van der Waals surface area contributed by atoms with Crippen LogP contribution < -0.4 is 20.1 Å². The second kappa shape index (κ2) is 7.25. The third-order valence-corrected chi connectivity index (χ3v) is 3.87. The Kier molecular flexibility index (Phi) is 4.88. The first kappa shape index (κ1) is 16.8. The highest BCUT2D eigenvalue weighted by Gasteiger charge is 2.23. The molecule has 3 rings (SSSR count). The van der Waals surface area contributed by atoms with Gasteiger partial charge in [-0.05, 0) is 49.2 Å². The molecule has 0 aliphatic carbocycles. The van der Waals surface area contributed by atoms with Crippen molar-refractivity contribution in [3.63, 3.8) is 0 Å². The van der Waals surface area contributed by atoms with Gasteiger partial charge in [0.25, 0.3) is 11.8 Å². The van der Waals surface area contributed by atoms with Gasteiger partial charge in [-0.2, -0.15) is 0 Å². The lowest BCUT2D eigenvalue weighted by Crippen LogP contribution is -2.34. The minimum absolute atomic E-state index is 0.0931. The minimum Gasteiger partial charge on any atom is -0.484 e. The Morgan fingerprint density at radius 2 is 2.12 bits per heavy atom. The highest BCUT2D eigenvalue weighted by atomic mass is 16.5. The fourth-order valence-corrected chi connectivity index (χ4v) is 2.49. The van der Waals surface area contributed by atoms with Crippen LogP contribution in [0.2, 0.25) is 0 Å². The Labute approximate surface area is 146 Å². The van der Waals surface area contributed by atoms with Gasteiger partial charge in [0.2, 0.25) is 0 Å². The number of hydrogen-bond donors (Lipinski definition) is 2. The predicted octanol–water partition coefficient (Wildman–Crippen LogP) is 2.99. The van der Waals surface area contributed by atoms with Crippen LogP contribution in [0.4, 0.5) is 11.4 Å². The fourth-order valence-electron chi connectivity index (χ4n) is 2.49.